The van der Waals surface area contributed by atoms with Crippen LogP contribution in [-0.4, -0.2) is 11.9 Å². The fourth-order valence-electron chi connectivity index (χ4n) is 1.33. The van der Waals surface area contributed by atoms with E-state index in [2.05, 4.69) is 12.2 Å². The van der Waals surface area contributed by atoms with Crippen LogP contribution in [0.4, 0.5) is 4.39 Å². The summed E-state index contributed by atoms with van der Waals surface area (Å²) in [6.45, 7) is 3.46. The molecular formula is C12H17ClFN. The largest absolute Gasteiger partial charge is 0.313 e. The fourth-order valence-corrected chi connectivity index (χ4v) is 1.44. The van der Waals surface area contributed by atoms with Gasteiger partial charge in [-0.15, -0.1) is 11.6 Å². The van der Waals surface area contributed by atoms with Crippen LogP contribution in [0.5, 0.6) is 0 Å². The third-order valence-electron chi connectivity index (χ3n) is 2.35. The lowest BCUT2D eigenvalue weighted by Crippen LogP contribution is -2.18. The van der Waals surface area contributed by atoms with Crippen LogP contribution < -0.4 is 5.32 Å². The normalized spacial score (nSPS) is 12.7. The summed E-state index contributed by atoms with van der Waals surface area (Å²) < 4.78 is 13.2. The van der Waals surface area contributed by atoms with Gasteiger partial charge in [-0.2, -0.15) is 0 Å². The molecule has 1 aromatic rings. The van der Waals surface area contributed by atoms with Gasteiger partial charge in [0.05, 0.1) is 0 Å². The van der Waals surface area contributed by atoms with E-state index in [0.29, 0.717) is 12.1 Å². The average molecular weight is 230 g/mol. The highest BCUT2D eigenvalue weighted by Crippen LogP contribution is 2.07. The van der Waals surface area contributed by atoms with Crippen molar-refractivity contribution in [2.45, 2.75) is 31.7 Å². The molecule has 15 heavy (non-hydrogen) atoms. The molecule has 0 aliphatic heterocycles. The Balaban J connectivity index is 2.23. The Kier molecular flexibility index (Phi) is 5.66. The lowest BCUT2D eigenvalue weighted by molar-refractivity contribution is 0.575. The van der Waals surface area contributed by atoms with E-state index >= 15 is 0 Å². The van der Waals surface area contributed by atoms with Crippen LogP contribution in [0, 0.1) is 5.82 Å². The molecule has 0 aliphatic rings. The van der Waals surface area contributed by atoms with Gasteiger partial charge in [-0.1, -0.05) is 25.1 Å². The molecule has 1 nitrogen and oxygen atoms in total. The SMILES string of the molecule is CCC(Cl)CCNCc1ccccc1F. The molecule has 0 saturated carbocycles. The molecule has 1 N–H and O–H groups in total. The highest BCUT2D eigenvalue weighted by molar-refractivity contribution is 6.20. The Morgan fingerprint density at radius 2 is 2.13 bits per heavy atom. The second-order valence-corrected chi connectivity index (χ2v) is 4.18. The Labute approximate surface area is 95.6 Å². The van der Waals surface area contributed by atoms with Gasteiger partial charge >= 0.3 is 0 Å². The van der Waals surface area contributed by atoms with E-state index in [4.69, 9.17) is 11.6 Å². The third-order valence-corrected chi connectivity index (χ3v) is 2.88. The van der Waals surface area contributed by atoms with E-state index in [1.54, 1.807) is 12.1 Å². The van der Waals surface area contributed by atoms with Crippen LogP contribution in [0.2, 0.25) is 0 Å². The second-order valence-electron chi connectivity index (χ2n) is 3.56. The van der Waals surface area contributed by atoms with E-state index in [9.17, 15) is 4.39 Å². The van der Waals surface area contributed by atoms with E-state index in [-0.39, 0.29) is 11.2 Å². The monoisotopic (exact) mass is 229 g/mol. The highest BCUT2D eigenvalue weighted by Gasteiger charge is 2.02. The van der Waals surface area contributed by atoms with Crippen LogP contribution in [0.3, 0.4) is 0 Å². The van der Waals surface area contributed by atoms with Gasteiger partial charge in [0.15, 0.2) is 0 Å². The summed E-state index contributed by atoms with van der Waals surface area (Å²) in [7, 11) is 0. The van der Waals surface area contributed by atoms with Gasteiger partial charge in [-0.25, -0.2) is 4.39 Å². The minimum absolute atomic E-state index is 0.150. The zero-order valence-electron chi connectivity index (χ0n) is 8.97. The number of hydrogen-bond donors (Lipinski definition) is 1. The van der Waals surface area contributed by atoms with Crippen molar-refractivity contribution in [3.05, 3.63) is 35.6 Å². The highest BCUT2D eigenvalue weighted by atomic mass is 35.5. The van der Waals surface area contributed by atoms with Gasteiger partial charge in [0, 0.05) is 17.5 Å². The maximum Gasteiger partial charge on any atom is 0.127 e. The van der Waals surface area contributed by atoms with Gasteiger partial charge in [0.2, 0.25) is 0 Å². The summed E-state index contributed by atoms with van der Waals surface area (Å²) in [5, 5.41) is 3.40. The molecule has 0 aromatic heterocycles. The Hall–Kier alpha value is -0.600. The predicted octanol–water partition coefficient (Wildman–Crippen LogP) is 3.32. The molecule has 0 fully saturated rings. The Morgan fingerprint density at radius 1 is 1.40 bits per heavy atom. The Morgan fingerprint density at radius 3 is 2.80 bits per heavy atom. The van der Waals surface area contributed by atoms with Crippen LogP contribution in [0.15, 0.2) is 24.3 Å². The quantitative estimate of drug-likeness (QED) is 0.583. The molecule has 0 bridgehead atoms. The first-order valence-electron chi connectivity index (χ1n) is 5.32. The Bertz CT molecular complexity index is 291. The summed E-state index contributed by atoms with van der Waals surface area (Å²) in [5.74, 6) is -0.150. The molecule has 0 aliphatic carbocycles. The number of rotatable bonds is 6. The first kappa shape index (κ1) is 12.5. The van der Waals surface area contributed by atoms with Gasteiger partial charge in [0.1, 0.15) is 5.82 Å². The molecule has 0 amide bonds. The number of nitrogens with one attached hydrogen (secondary N) is 1. The lowest BCUT2D eigenvalue weighted by atomic mass is 10.2. The third kappa shape index (κ3) is 4.63. The summed E-state index contributed by atoms with van der Waals surface area (Å²) in [6, 6.07) is 6.81. The smallest absolute Gasteiger partial charge is 0.127 e. The summed E-state index contributed by atoms with van der Waals surface area (Å²) in [5.41, 5.74) is 0.708. The predicted molar refractivity (Wildman–Crippen MR) is 62.7 cm³/mol. The van der Waals surface area contributed by atoms with Crippen molar-refractivity contribution in [3.8, 4) is 0 Å². The molecule has 1 atom stereocenters. The van der Waals surface area contributed by atoms with E-state index in [1.807, 2.05) is 6.07 Å². The number of hydrogen-bond acceptors (Lipinski definition) is 1. The van der Waals surface area contributed by atoms with Crippen molar-refractivity contribution >= 4 is 11.6 Å². The minimum atomic E-state index is -0.150. The van der Waals surface area contributed by atoms with Crippen molar-refractivity contribution in [1.29, 1.82) is 0 Å². The topological polar surface area (TPSA) is 12.0 Å². The maximum atomic E-state index is 13.2. The molecule has 3 heteroatoms. The van der Waals surface area contributed by atoms with E-state index in [0.717, 1.165) is 19.4 Å². The molecule has 84 valence electrons. The standard InChI is InChI=1S/C12H17ClFN/c1-2-11(13)7-8-15-9-10-5-3-4-6-12(10)14/h3-6,11,15H,2,7-9H2,1H3. The van der Waals surface area contributed by atoms with Gasteiger partial charge < -0.3 is 5.32 Å². The van der Waals surface area contributed by atoms with Crippen LogP contribution in [0.25, 0.3) is 0 Å². The number of alkyl halides is 1. The average Bonchev–Trinajstić information content (AvgIpc) is 2.26. The first-order valence-corrected chi connectivity index (χ1v) is 5.76. The first-order chi connectivity index (χ1) is 7.24. The maximum absolute atomic E-state index is 13.2. The minimum Gasteiger partial charge on any atom is -0.313 e. The van der Waals surface area contributed by atoms with Crippen LogP contribution >= 0.6 is 11.6 Å². The fraction of sp³-hybridized carbons (Fsp3) is 0.500. The lowest BCUT2D eigenvalue weighted by Gasteiger charge is -2.08. The van der Waals surface area contributed by atoms with Crippen molar-refractivity contribution in [2.75, 3.05) is 6.54 Å². The molecule has 1 rings (SSSR count). The molecule has 1 unspecified atom stereocenters. The van der Waals surface area contributed by atoms with Crippen LogP contribution in [-0.2, 0) is 6.54 Å². The van der Waals surface area contributed by atoms with Crippen molar-refractivity contribution < 1.29 is 4.39 Å². The van der Waals surface area contributed by atoms with Crippen molar-refractivity contribution in [3.63, 3.8) is 0 Å². The van der Waals surface area contributed by atoms with E-state index < -0.39 is 0 Å². The van der Waals surface area contributed by atoms with Crippen LogP contribution in [0.1, 0.15) is 25.3 Å². The number of benzene rings is 1. The second kappa shape index (κ2) is 6.81. The van der Waals surface area contributed by atoms with Crippen molar-refractivity contribution in [2.24, 2.45) is 0 Å². The molecule has 0 heterocycles. The molecule has 1 aromatic carbocycles. The molecule has 0 saturated heterocycles. The van der Waals surface area contributed by atoms with Gasteiger partial charge in [-0.3, -0.25) is 0 Å². The molecule has 0 radical (unpaired) electrons. The van der Waals surface area contributed by atoms with Gasteiger partial charge in [0.25, 0.3) is 0 Å². The van der Waals surface area contributed by atoms with E-state index in [1.165, 1.54) is 6.07 Å². The molecule has 0 spiro atoms. The summed E-state index contributed by atoms with van der Waals surface area (Å²) in [4.78, 5) is 0. The number of halogens is 2. The zero-order chi connectivity index (χ0) is 11.1. The molecular weight excluding hydrogens is 213 g/mol. The summed E-state index contributed by atoms with van der Waals surface area (Å²) in [6.07, 6.45) is 1.90. The van der Waals surface area contributed by atoms with Gasteiger partial charge in [-0.05, 0) is 25.5 Å². The van der Waals surface area contributed by atoms with Crippen molar-refractivity contribution in [1.82, 2.24) is 5.32 Å². The summed E-state index contributed by atoms with van der Waals surface area (Å²) >= 11 is 5.96. The zero-order valence-corrected chi connectivity index (χ0v) is 9.73.